The zero-order valence-electron chi connectivity index (χ0n) is 10.4. The van der Waals surface area contributed by atoms with E-state index >= 15 is 0 Å². The molecule has 0 unspecified atom stereocenters. The van der Waals surface area contributed by atoms with Crippen LogP contribution in [0.1, 0.15) is 52.9 Å². The van der Waals surface area contributed by atoms with Crippen LogP contribution >= 0.6 is 0 Å². The molecule has 0 heterocycles. The SMILES string of the molecule is [CH2]CN(C(=O)C(C)(C)C)C1CCCCC1. The lowest BCUT2D eigenvalue weighted by Crippen LogP contribution is -2.46. The summed E-state index contributed by atoms with van der Waals surface area (Å²) in [6.45, 7) is 10.5. The average molecular weight is 210 g/mol. The summed E-state index contributed by atoms with van der Waals surface area (Å²) in [5.41, 5.74) is -0.269. The van der Waals surface area contributed by atoms with Crippen LogP contribution in [-0.2, 0) is 4.79 Å². The Labute approximate surface area is 94.0 Å². The van der Waals surface area contributed by atoms with Crippen molar-refractivity contribution < 1.29 is 4.79 Å². The standard InChI is InChI=1S/C13H24NO/c1-5-14(12(15)13(2,3)4)11-9-7-6-8-10-11/h11H,1,5-10H2,2-4H3. The fraction of sp³-hybridized carbons (Fsp3) is 0.846. The third-order valence-electron chi connectivity index (χ3n) is 3.16. The lowest BCUT2D eigenvalue weighted by molar-refractivity contribution is -0.142. The fourth-order valence-electron chi connectivity index (χ4n) is 2.27. The highest BCUT2D eigenvalue weighted by Crippen LogP contribution is 2.26. The molecule has 1 fully saturated rings. The van der Waals surface area contributed by atoms with E-state index in [1.807, 2.05) is 25.7 Å². The first kappa shape index (κ1) is 12.5. The Morgan fingerprint density at radius 2 is 1.80 bits per heavy atom. The molecule has 15 heavy (non-hydrogen) atoms. The van der Waals surface area contributed by atoms with Gasteiger partial charge >= 0.3 is 0 Å². The van der Waals surface area contributed by atoms with Crippen molar-refractivity contribution in [1.29, 1.82) is 0 Å². The van der Waals surface area contributed by atoms with E-state index in [1.165, 1.54) is 19.3 Å². The van der Waals surface area contributed by atoms with Crippen LogP contribution in [0, 0.1) is 12.3 Å². The summed E-state index contributed by atoms with van der Waals surface area (Å²) in [5, 5.41) is 0. The second kappa shape index (κ2) is 5.00. The van der Waals surface area contributed by atoms with Gasteiger partial charge in [-0.05, 0) is 19.8 Å². The van der Waals surface area contributed by atoms with Crippen LogP contribution in [0.3, 0.4) is 0 Å². The lowest BCUT2D eigenvalue weighted by Gasteiger charge is -2.37. The highest BCUT2D eigenvalue weighted by atomic mass is 16.2. The second-order valence-electron chi connectivity index (χ2n) is 5.54. The van der Waals surface area contributed by atoms with Gasteiger partial charge < -0.3 is 4.90 Å². The van der Waals surface area contributed by atoms with Crippen molar-refractivity contribution in [2.75, 3.05) is 6.54 Å². The molecule has 0 aliphatic heterocycles. The molecule has 0 aromatic heterocycles. The van der Waals surface area contributed by atoms with E-state index in [0.717, 1.165) is 12.8 Å². The molecule has 1 amide bonds. The molecule has 1 aliphatic carbocycles. The summed E-state index contributed by atoms with van der Waals surface area (Å²) in [4.78, 5) is 14.2. The molecule has 1 rings (SSSR count). The van der Waals surface area contributed by atoms with Gasteiger partial charge in [-0.3, -0.25) is 4.79 Å². The molecule has 0 aromatic carbocycles. The van der Waals surface area contributed by atoms with Crippen LogP contribution in [0.2, 0.25) is 0 Å². The second-order valence-corrected chi connectivity index (χ2v) is 5.54. The summed E-state index contributed by atoms with van der Waals surface area (Å²) < 4.78 is 0. The predicted octanol–water partition coefficient (Wildman–Crippen LogP) is 3.03. The van der Waals surface area contributed by atoms with Crippen LogP contribution in [0.5, 0.6) is 0 Å². The molecule has 87 valence electrons. The molecular weight excluding hydrogens is 186 g/mol. The normalized spacial score (nSPS) is 18.9. The minimum Gasteiger partial charge on any atom is -0.339 e. The van der Waals surface area contributed by atoms with Crippen LogP contribution < -0.4 is 0 Å². The van der Waals surface area contributed by atoms with Crippen molar-refractivity contribution in [3.8, 4) is 0 Å². The number of carbonyl (C=O) groups is 1. The van der Waals surface area contributed by atoms with Crippen molar-refractivity contribution in [1.82, 2.24) is 4.90 Å². The van der Waals surface area contributed by atoms with E-state index < -0.39 is 0 Å². The summed E-state index contributed by atoms with van der Waals surface area (Å²) in [5.74, 6) is 0.254. The molecular formula is C13H24NO. The van der Waals surface area contributed by atoms with Crippen molar-refractivity contribution in [3.63, 3.8) is 0 Å². The quantitative estimate of drug-likeness (QED) is 0.686. The third kappa shape index (κ3) is 3.22. The molecule has 0 spiro atoms. The summed E-state index contributed by atoms with van der Waals surface area (Å²) in [7, 11) is 0. The summed E-state index contributed by atoms with van der Waals surface area (Å²) in [6.07, 6.45) is 6.18. The Hall–Kier alpha value is -0.530. The number of nitrogens with zero attached hydrogens (tertiary/aromatic N) is 1. The van der Waals surface area contributed by atoms with E-state index in [-0.39, 0.29) is 11.3 Å². The Kier molecular flexibility index (Phi) is 4.18. The van der Waals surface area contributed by atoms with Crippen molar-refractivity contribution in [2.45, 2.75) is 58.9 Å². The Morgan fingerprint density at radius 3 is 2.20 bits per heavy atom. The van der Waals surface area contributed by atoms with Gasteiger partial charge in [-0.25, -0.2) is 0 Å². The van der Waals surface area contributed by atoms with Gasteiger partial charge in [0.1, 0.15) is 0 Å². The molecule has 0 aromatic rings. The van der Waals surface area contributed by atoms with Gasteiger partial charge in [-0.2, -0.15) is 0 Å². The number of hydrogen-bond donors (Lipinski definition) is 0. The molecule has 2 nitrogen and oxygen atoms in total. The highest BCUT2D eigenvalue weighted by Gasteiger charge is 2.31. The maximum Gasteiger partial charge on any atom is 0.228 e. The number of carbonyl (C=O) groups excluding carboxylic acids is 1. The van der Waals surface area contributed by atoms with E-state index in [2.05, 4.69) is 6.92 Å². The minimum atomic E-state index is -0.269. The van der Waals surface area contributed by atoms with Gasteiger partial charge in [0.05, 0.1) is 0 Å². The Balaban J connectivity index is 2.65. The van der Waals surface area contributed by atoms with E-state index in [0.29, 0.717) is 12.6 Å². The van der Waals surface area contributed by atoms with Gasteiger partial charge in [-0.1, -0.05) is 40.0 Å². The zero-order valence-corrected chi connectivity index (χ0v) is 10.4. The molecule has 0 atom stereocenters. The van der Waals surface area contributed by atoms with Gasteiger partial charge in [0, 0.05) is 18.0 Å². The minimum absolute atomic E-state index is 0.254. The first-order valence-electron chi connectivity index (χ1n) is 6.07. The van der Waals surface area contributed by atoms with E-state index in [4.69, 9.17) is 0 Å². The highest BCUT2D eigenvalue weighted by molar-refractivity contribution is 5.81. The summed E-state index contributed by atoms with van der Waals surface area (Å²) >= 11 is 0. The van der Waals surface area contributed by atoms with E-state index in [1.54, 1.807) is 0 Å². The molecule has 1 saturated carbocycles. The van der Waals surface area contributed by atoms with Gasteiger partial charge in [0.15, 0.2) is 0 Å². The van der Waals surface area contributed by atoms with Crippen molar-refractivity contribution in [2.24, 2.45) is 5.41 Å². The Morgan fingerprint density at radius 1 is 1.27 bits per heavy atom. The van der Waals surface area contributed by atoms with Gasteiger partial charge in [0.25, 0.3) is 0 Å². The monoisotopic (exact) mass is 210 g/mol. The summed E-state index contributed by atoms with van der Waals surface area (Å²) in [6, 6.07) is 0.447. The van der Waals surface area contributed by atoms with Crippen LogP contribution in [-0.4, -0.2) is 23.4 Å². The molecule has 0 N–H and O–H groups in total. The van der Waals surface area contributed by atoms with Gasteiger partial charge in [0.2, 0.25) is 5.91 Å². The maximum absolute atomic E-state index is 12.2. The van der Waals surface area contributed by atoms with Crippen molar-refractivity contribution >= 4 is 5.91 Å². The average Bonchev–Trinajstić information content (AvgIpc) is 2.19. The molecule has 1 radical (unpaired) electrons. The lowest BCUT2D eigenvalue weighted by atomic mass is 9.89. The predicted molar refractivity (Wildman–Crippen MR) is 63.4 cm³/mol. The third-order valence-corrected chi connectivity index (χ3v) is 3.16. The molecule has 0 saturated heterocycles. The smallest absolute Gasteiger partial charge is 0.228 e. The first-order chi connectivity index (χ1) is 6.96. The Bertz CT molecular complexity index is 211. The van der Waals surface area contributed by atoms with E-state index in [9.17, 15) is 4.79 Å². The topological polar surface area (TPSA) is 20.3 Å². The van der Waals surface area contributed by atoms with Crippen LogP contribution in [0.15, 0.2) is 0 Å². The number of amides is 1. The number of rotatable bonds is 2. The van der Waals surface area contributed by atoms with Crippen molar-refractivity contribution in [3.05, 3.63) is 6.92 Å². The first-order valence-corrected chi connectivity index (χ1v) is 6.07. The maximum atomic E-state index is 12.2. The molecule has 2 heteroatoms. The largest absolute Gasteiger partial charge is 0.339 e. The molecule has 0 bridgehead atoms. The van der Waals surface area contributed by atoms with Gasteiger partial charge in [-0.15, -0.1) is 0 Å². The fourth-order valence-corrected chi connectivity index (χ4v) is 2.27. The zero-order chi connectivity index (χ0) is 11.5. The molecule has 1 aliphatic rings. The van der Waals surface area contributed by atoms with Crippen LogP contribution in [0.25, 0.3) is 0 Å². The van der Waals surface area contributed by atoms with Crippen LogP contribution in [0.4, 0.5) is 0 Å². The number of hydrogen-bond acceptors (Lipinski definition) is 1.